The van der Waals surface area contributed by atoms with Crippen molar-refractivity contribution in [1.29, 1.82) is 0 Å². The monoisotopic (exact) mass is 452 g/mol. The van der Waals surface area contributed by atoms with Crippen LogP contribution in [0.2, 0.25) is 0 Å². The van der Waals surface area contributed by atoms with Gasteiger partial charge in [0.25, 0.3) is 0 Å². The molecule has 0 radical (unpaired) electrons. The lowest BCUT2D eigenvalue weighted by Crippen LogP contribution is -2.29. The minimum atomic E-state index is -3.72. The van der Waals surface area contributed by atoms with Gasteiger partial charge in [0.05, 0.1) is 23.0 Å². The van der Waals surface area contributed by atoms with Crippen molar-refractivity contribution in [3.8, 4) is 17.2 Å². The Hall–Kier alpha value is -2.71. The molecule has 0 bridgehead atoms. The second kappa shape index (κ2) is 8.33. The molecule has 5 heteroatoms. The van der Waals surface area contributed by atoms with E-state index in [4.69, 9.17) is 4.74 Å². The largest absolute Gasteiger partial charge is 0.507 e. The zero-order chi connectivity index (χ0) is 23.9. The summed E-state index contributed by atoms with van der Waals surface area (Å²) in [7, 11) is -2.20. The van der Waals surface area contributed by atoms with Gasteiger partial charge in [-0.25, -0.2) is 0 Å². The maximum absolute atomic E-state index is 15.2. The van der Waals surface area contributed by atoms with Gasteiger partial charge in [-0.3, -0.25) is 0 Å². The van der Waals surface area contributed by atoms with E-state index >= 15 is 4.57 Å². The van der Waals surface area contributed by atoms with Crippen molar-refractivity contribution in [1.82, 2.24) is 0 Å². The predicted octanol–water partition coefficient (Wildman–Crippen LogP) is 5.34. The van der Waals surface area contributed by atoms with Crippen molar-refractivity contribution in [2.24, 2.45) is 0 Å². The standard InChI is InChI=1S/C27H33O4P/c1-26(2,3)18-12-10-16-22(24(18)28)32(30,21-15-9-8-14-20(21)31-7)23-17-11-13-19(25(23)29)27(4,5)6/h8-17,28-29H,1-7H3. The van der Waals surface area contributed by atoms with E-state index in [1.54, 1.807) is 30.3 Å². The fraction of sp³-hybridized carbons (Fsp3) is 0.333. The molecule has 0 heterocycles. The maximum Gasteiger partial charge on any atom is 0.181 e. The summed E-state index contributed by atoms with van der Waals surface area (Å²) in [5, 5.41) is 23.8. The third-order valence-corrected chi connectivity index (χ3v) is 8.88. The number of hydrogen-bond acceptors (Lipinski definition) is 4. The molecule has 32 heavy (non-hydrogen) atoms. The average Bonchev–Trinajstić information content (AvgIpc) is 2.71. The fourth-order valence-electron chi connectivity index (χ4n) is 4.06. The second-order valence-corrected chi connectivity index (χ2v) is 12.8. The van der Waals surface area contributed by atoms with Crippen LogP contribution >= 0.6 is 7.14 Å². The zero-order valence-electron chi connectivity index (χ0n) is 19.9. The summed E-state index contributed by atoms with van der Waals surface area (Å²) in [4.78, 5) is 0. The number of ether oxygens (including phenoxy) is 1. The van der Waals surface area contributed by atoms with Crippen molar-refractivity contribution in [3.05, 3.63) is 71.8 Å². The van der Waals surface area contributed by atoms with Crippen LogP contribution in [0.1, 0.15) is 52.7 Å². The number of hydrogen-bond donors (Lipinski definition) is 2. The van der Waals surface area contributed by atoms with Gasteiger partial charge in [-0.2, -0.15) is 0 Å². The highest BCUT2D eigenvalue weighted by molar-refractivity contribution is 7.85. The van der Waals surface area contributed by atoms with Gasteiger partial charge >= 0.3 is 0 Å². The van der Waals surface area contributed by atoms with Gasteiger partial charge in [-0.15, -0.1) is 0 Å². The Bertz CT molecular complexity index is 1120. The first-order valence-electron chi connectivity index (χ1n) is 10.7. The van der Waals surface area contributed by atoms with Crippen molar-refractivity contribution in [2.75, 3.05) is 7.11 Å². The van der Waals surface area contributed by atoms with E-state index in [1.807, 2.05) is 71.9 Å². The third kappa shape index (κ3) is 4.04. The molecular formula is C27H33O4P. The number of aromatic hydroxyl groups is 2. The molecular weight excluding hydrogens is 419 g/mol. The van der Waals surface area contributed by atoms with E-state index in [-0.39, 0.29) is 32.9 Å². The molecule has 170 valence electrons. The van der Waals surface area contributed by atoms with Crippen molar-refractivity contribution < 1.29 is 19.5 Å². The van der Waals surface area contributed by atoms with Crippen LogP contribution in [-0.4, -0.2) is 17.3 Å². The summed E-state index contributed by atoms with van der Waals surface area (Å²) in [5.74, 6) is 0.404. The Balaban J connectivity index is 2.49. The first-order chi connectivity index (χ1) is 14.8. The molecule has 0 aliphatic carbocycles. The van der Waals surface area contributed by atoms with Crippen LogP contribution in [0.4, 0.5) is 0 Å². The lowest BCUT2D eigenvalue weighted by atomic mass is 9.86. The van der Waals surface area contributed by atoms with E-state index in [0.29, 0.717) is 22.2 Å². The lowest BCUT2D eigenvalue weighted by Gasteiger charge is -2.29. The molecule has 0 spiro atoms. The van der Waals surface area contributed by atoms with Crippen LogP contribution in [-0.2, 0) is 15.4 Å². The van der Waals surface area contributed by atoms with Crippen LogP contribution in [0.3, 0.4) is 0 Å². The number of phenols is 2. The number of rotatable bonds is 4. The third-order valence-electron chi connectivity index (χ3n) is 5.75. The molecule has 4 nitrogen and oxygen atoms in total. The van der Waals surface area contributed by atoms with E-state index < -0.39 is 7.14 Å². The Morgan fingerprint density at radius 1 is 0.656 bits per heavy atom. The normalized spacial score (nSPS) is 12.6. The van der Waals surface area contributed by atoms with Crippen LogP contribution in [0.5, 0.6) is 17.2 Å². The summed E-state index contributed by atoms with van der Waals surface area (Å²) in [6.07, 6.45) is 0. The van der Waals surface area contributed by atoms with Gasteiger partial charge in [-0.05, 0) is 35.1 Å². The minimum absolute atomic E-state index is 0.0187. The number of benzene rings is 3. The van der Waals surface area contributed by atoms with Crippen molar-refractivity contribution in [2.45, 2.75) is 52.4 Å². The van der Waals surface area contributed by atoms with Crippen LogP contribution < -0.4 is 20.7 Å². The van der Waals surface area contributed by atoms with Crippen molar-refractivity contribution in [3.63, 3.8) is 0 Å². The van der Waals surface area contributed by atoms with E-state index in [9.17, 15) is 10.2 Å². The summed E-state index contributed by atoms with van der Waals surface area (Å²) >= 11 is 0. The number of para-hydroxylation sites is 3. The van der Waals surface area contributed by atoms with Gasteiger partial charge in [0, 0.05) is 11.1 Å². The lowest BCUT2D eigenvalue weighted by molar-refractivity contribution is 0.418. The van der Waals surface area contributed by atoms with Crippen LogP contribution in [0.15, 0.2) is 60.7 Å². The highest BCUT2D eigenvalue weighted by Crippen LogP contribution is 2.51. The summed E-state index contributed by atoms with van der Waals surface area (Å²) in [6.45, 7) is 12.0. The average molecular weight is 453 g/mol. The van der Waals surface area contributed by atoms with E-state index in [2.05, 4.69) is 0 Å². The molecule has 0 unspecified atom stereocenters. The fourth-order valence-corrected chi connectivity index (χ4v) is 7.04. The summed E-state index contributed by atoms with van der Waals surface area (Å²) in [6, 6.07) is 17.8. The van der Waals surface area contributed by atoms with Gasteiger partial charge in [0.15, 0.2) is 7.14 Å². The Morgan fingerprint density at radius 3 is 1.47 bits per heavy atom. The molecule has 0 atom stereocenters. The molecule has 3 aromatic carbocycles. The molecule has 0 fully saturated rings. The molecule has 0 aliphatic rings. The van der Waals surface area contributed by atoms with Gasteiger partial charge < -0.3 is 19.5 Å². The molecule has 0 saturated carbocycles. The number of phenolic OH excluding ortho intramolecular Hbond substituents is 2. The van der Waals surface area contributed by atoms with E-state index in [1.165, 1.54) is 7.11 Å². The molecule has 3 rings (SSSR count). The van der Waals surface area contributed by atoms with Gasteiger partial charge in [0.1, 0.15) is 17.2 Å². The van der Waals surface area contributed by atoms with Crippen LogP contribution in [0.25, 0.3) is 0 Å². The molecule has 0 amide bonds. The molecule has 3 aromatic rings. The zero-order valence-corrected chi connectivity index (χ0v) is 20.8. The molecule has 2 N–H and O–H groups in total. The second-order valence-electron chi connectivity index (χ2n) is 10.1. The quantitative estimate of drug-likeness (QED) is 0.525. The SMILES string of the molecule is COc1ccccc1P(=O)(c1cccc(C(C)(C)C)c1O)c1cccc(C(C)(C)C)c1O. The smallest absolute Gasteiger partial charge is 0.181 e. The maximum atomic E-state index is 15.2. The van der Waals surface area contributed by atoms with Gasteiger partial charge in [0.2, 0.25) is 0 Å². The summed E-state index contributed by atoms with van der Waals surface area (Å²) in [5.41, 5.74) is 0.662. The Labute approximate surface area is 191 Å². The topological polar surface area (TPSA) is 66.8 Å². The molecule has 0 aromatic heterocycles. The Kier molecular flexibility index (Phi) is 6.23. The molecule has 0 saturated heterocycles. The summed E-state index contributed by atoms with van der Waals surface area (Å²) < 4.78 is 20.8. The van der Waals surface area contributed by atoms with E-state index in [0.717, 1.165) is 0 Å². The first kappa shape index (κ1) is 23.9. The highest BCUT2D eigenvalue weighted by Gasteiger charge is 2.39. The predicted molar refractivity (Wildman–Crippen MR) is 133 cm³/mol. The first-order valence-corrected chi connectivity index (χ1v) is 12.4. The van der Waals surface area contributed by atoms with Crippen LogP contribution in [0, 0.1) is 0 Å². The van der Waals surface area contributed by atoms with Crippen molar-refractivity contribution >= 4 is 23.1 Å². The molecule has 0 aliphatic heterocycles. The minimum Gasteiger partial charge on any atom is -0.507 e. The Morgan fingerprint density at radius 2 is 1.06 bits per heavy atom. The highest BCUT2D eigenvalue weighted by atomic mass is 31.2. The number of methoxy groups -OCH3 is 1. The van der Waals surface area contributed by atoms with Gasteiger partial charge in [-0.1, -0.05) is 77.9 Å².